The van der Waals surface area contributed by atoms with Crippen molar-refractivity contribution >= 4 is 11.9 Å². The number of carbonyl (C=O) groups excluding carboxylic acids is 1. The second kappa shape index (κ2) is 8.29. The zero-order valence-corrected chi connectivity index (χ0v) is 12.8. The average molecular weight is 293 g/mol. The molecule has 0 saturated heterocycles. The third kappa shape index (κ3) is 6.79. The molecule has 1 aromatic carbocycles. The van der Waals surface area contributed by atoms with E-state index in [-0.39, 0.29) is 24.1 Å². The molecule has 0 radical (unpaired) electrons. The molecule has 0 aromatic heterocycles. The minimum atomic E-state index is -1.02. The molecule has 1 amide bonds. The molecular weight excluding hydrogens is 270 g/mol. The van der Waals surface area contributed by atoms with Gasteiger partial charge in [-0.15, -0.1) is 0 Å². The monoisotopic (exact) mass is 293 g/mol. The average Bonchev–Trinajstić information content (AvgIpc) is 2.43. The Bertz CT molecular complexity index is 485. The van der Waals surface area contributed by atoms with E-state index in [2.05, 4.69) is 19.2 Å². The molecule has 0 bridgehead atoms. The van der Waals surface area contributed by atoms with E-state index >= 15 is 0 Å². The highest BCUT2D eigenvalue weighted by atomic mass is 16.5. The fourth-order valence-corrected chi connectivity index (χ4v) is 1.84. The first-order chi connectivity index (χ1) is 9.88. The van der Waals surface area contributed by atoms with Crippen molar-refractivity contribution in [2.75, 3.05) is 6.61 Å². The molecule has 0 aliphatic carbocycles. The Morgan fingerprint density at radius 2 is 1.95 bits per heavy atom. The molecule has 2 N–H and O–H groups in total. The lowest BCUT2D eigenvalue weighted by molar-refractivity contribution is -0.123. The summed E-state index contributed by atoms with van der Waals surface area (Å²) in [7, 11) is 0. The summed E-state index contributed by atoms with van der Waals surface area (Å²) in [5.74, 6) is -0.238. The van der Waals surface area contributed by atoms with E-state index in [1.54, 1.807) is 12.1 Å². The quantitative estimate of drug-likeness (QED) is 0.772. The van der Waals surface area contributed by atoms with Crippen LogP contribution < -0.4 is 10.1 Å². The highest BCUT2D eigenvalue weighted by Gasteiger charge is 2.10. The van der Waals surface area contributed by atoms with Crippen LogP contribution in [0.15, 0.2) is 24.3 Å². The van der Waals surface area contributed by atoms with Crippen LogP contribution in [0.5, 0.6) is 5.75 Å². The Labute approximate surface area is 125 Å². The van der Waals surface area contributed by atoms with Gasteiger partial charge in [-0.2, -0.15) is 0 Å². The molecule has 1 aromatic rings. The van der Waals surface area contributed by atoms with Gasteiger partial charge in [-0.3, -0.25) is 4.79 Å². The molecule has 116 valence electrons. The van der Waals surface area contributed by atoms with Gasteiger partial charge in [0.25, 0.3) is 5.91 Å². The smallest absolute Gasteiger partial charge is 0.335 e. The summed E-state index contributed by atoms with van der Waals surface area (Å²) in [6.07, 6.45) is 1.99. The van der Waals surface area contributed by atoms with Crippen molar-refractivity contribution in [2.24, 2.45) is 5.92 Å². The Kier molecular flexibility index (Phi) is 6.72. The fraction of sp³-hybridized carbons (Fsp3) is 0.500. The molecule has 0 aliphatic heterocycles. The van der Waals surface area contributed by atoms with E-state index < -0.39 is 5.97 Å². The number of benzene rings is 1. The van der Waals surface area contributed by atoms with Crippen molar-refractivity contribution in [3.05, 3.63) is 29.8 Å². The van der Waals surface area contributed by atoms with Gasteiger partial charge in [0.15, 0.2) is 6.61 Å². The van der Waals surface area contributed by atoms with E-state index in [1.807, 2.05) is 6.92 Å². The first kappa shape index (κ1) is 17.0. The van der Waals surface area contributed by atoms with Gasteiger partial charge in [0, 0.05) is 6.04 Å². The van der Waals surface area contributed by atoms with E-state index in [1.165, 1.54) is 12.1 Å². The summed E-state index contributed by atoms with van der Waals surface area (Å²) in [5.41, 5.74) is 0.137. The standard InChI is InChI=1S/C16H23NO4/c1-11(2)7-8-12(3)17-15(18)10-21-14-6-4-5-13(9-14)16(19)20/h4-6,9,11-12H,7-8,10H2,1-3H3,(H,17,18)(H,19,20). The van der Waals surface area contributed by atoms with Crippen LogP contribution >= 0.6 is 0 Å². The number of nitrogens with one attached hydrogen (secondary N) is 1. The molecular formula is C16H23NO4. The number of carboxylic acids is 1. The SMILES string of the molecule is CC(C)CCC(C)NC(=O)COc1cccc(C(=O)O)c1. The molecule has 0 fully saturated rings. The van der Waals surface area contributed by atoms with Crippen LogP contribution in [0.2, 0.25) is 0 Å². The molecule has 1 unspecified atom stereocenters. The molecule has 21 heavy (non-hydrogen) atoms. The minimum Gasteiger partial charge on any atom is -0.484 e. The number of hydrogen-bond acceptors (Lipinski definition) is 3. The first-order valence-electron chi connectivity index (χ1n) is 7.14. The third-order valence-corrected chi connectivity index (χ3v) is 3.04. The summed E-state index contributed by atoms with van der Waals surface area (Å²) in [6.45, 7) is 6.14. The van der Waals surface area contributed by atoms with E-state index in [0.29, 0.717) is 11.7 Å². The van der Waals surface area contributed by atoms with Crippen molar-refractivity contribution < 1.29 is 19.4 Å². The van der Waals surface area contributed by atoms with Gasteiger partial charge in [0.2, 0.25) is 0 Å². The van der Waals surface area contributed by atoms with Crippen molar-refractivity contribution in [1.82, 2.24) is 5.32 Å². The summed E-state index contributed by atoms with van der Waals surface area (Å²) >= 11 is 0. The summed E-state index contributed by atoms with van der Waals surface area (Å²) in [4.78, 5) is 22.6. The molecule has 5 heteroatoms. The summed E-state index contributed by atoms with van der Waals surface area (Å²) < 4.78 is 5.31. The van der Waals surface area contributed by atoms with Crippen LogP contribution in [-0.4, -0.2) is 29.6 Å². The Morgan fingerprint density at radius 1 is 1.24 bits per heavy atom. The lowest BCUT2D eigenvalue weighted by Gasteiger charge is -2.15. The van der Waals surface area contributed by atoms with Crippen molar-refractivity contribution in [3.63, 3.8) is 0 Å². The van der Waals surface area contributed by atoms with E-state index in [9.17, 15) is 9.59 Å². The van der Waals surface area contributed by atoms with Gasteiger partial charge >= 0.3 is 5.97 Å². The maximum atomic E-state index is 11.7. The lowest BCUT2D eigenvalue weighted by Crippen LogP contribution is -2.36. The second-order valence-corrected chi connectivity index (χ2v) is 5.56. The van der Waals surface area contributed by atoms with Gasteiger partial charge < -0.3 is 15.2 Å². The van der Waals surface area contributed by atoms with Crippen LogP contribution in [0.4, 0.5) is 0 Å². The molecule has 0 aliphatic rings. The Hall–Kier alpha value is -2.04. The lowest BCUT2D eigenvalue weighted by atomic mass is 10.0. The Morgan fingerprint density at radius 3 is 2.57 bits per heavy atom. The van der Waals surface area contributed by atoms with Gasteiger partial charge in [-0.1, -0.05) is 19.9 Å². The highest BCUT2D eigenvalue weighted by Crippen LogP contribution is 2.13. The number of ether oxygens (including phenoxy) is 1. The molecule has 5 nitrogen and oxygen atoms in total. The zero-order valence-electron chi connectivity index (χ0n) is 12.8. The summed E-state index contributed by atoms with van der Waals surface area (Å²) in [6, 6.07) is 6.19. The first-order valence-corrected chi connectivity index (χ1v) is 7.14. The van der Waals surface area contributed by atoms with E-state index in [0.717, 1.165) is 12.8 Å². The zero-order chi connectivity index (χ0) is 15.8. The predicted octanol–water partition coefficient (Wildman–Crippen LogP) is 2.70. The fourth-order valence-electron chi connectivity index (χ4n) is 1.84. The number of aromatic carboxylic acids is 1. The molecule has 0 spiro atoms. The van der Waals surface area contributed by atoms with Gasteiger partial charge in [-0.25, -0.2) is 4.79 Å². The second-order valence-electron chi connectivity index (χ2n) is 5.56. The van der Waals surface area contributed by atoms with Crippen LogP contribution in [0.3, 0.4) is 0 Å². The molecule has 0 heterocycles. The number of amides is 1. The number of hydrogen-bond donors (Lipinski definition) is 2. The Balaban J connectivity index is 2.39. The van der Waals surface area contributed by atoms with Gasteiger partial charge in [0.1, 0.15) is 5.75 Å². The minimum absolute atomic E-state index is 0.105. The largest absolute Gasteiger partial charge is 0.484 e. The van der Waals surface area contributed by atoms with Crippen molar-refractivity contribution in [3.8, 4) is 5.75 Å². The highest BCUT2D eigenvalue weighted by molar-refractivity contribution is 5.88. The van der Waals surface area contributed by atoms with Crippen LogP contribution in [-0.2, 0) is 4.79 Å². The van der Waals surface area contributed by atoms with Crippen LogP contribution in [0.1, 0.15) is 44.0 Å². The molecule has 1 atom stereocenters. The topological polar surface area (TPSA) is 75.6 Å². The number of carbonyl (C=O) groups is 2. The third-order valence-electron chi connectivity index (χ3n) is 3.04. The number of rotatable bonds is 8. The predicted molar refractivity (Wildman–Crippen MR) is 80.6 cm³/mol. The van der Waals surface area contributed by atoms with E-state index in [4.69, 9.17) is 9.84 Å². The maximum absolute atomic E-state index is 11.7. The molecule has 0 saturated carbocycles. The normalized spacial score (nSPS) is 12.0. The van der Waals surface area contributed by atoms with Crippen LogP contribution in [0, 0.1) is 5.92 Å². The maximum Gasteiger partial charge on any atom is 0.335 e. The summed E-state index contributed by atoms with van der Waals surface area (Å²) in [5, 5.41) is 11.7. The number of carboxylic acid groups (broad SMARTS) is 1. The molecule has 1 rings (SSSR count). The van der Waals surface area contributed by atoms with Crippen molar-refractivity contribution in [1.29, 1.82) is 0 Å². The van der Waals surface area contributed by atoms with Gasteiger partial charge in [-0.05, 0) is 43.9 Å². The van der Waals surface area contributed by atoms with Gasteiger partial charge in [0.05, 0.1) is 5.56 Å². The van der Waals surface area contributed by atoms with Crippen molar-refractivity contribution in [2.45, 2.75) is 39.7 Å². The van der Waals surface area contributed by atoms with Crippen LogP contribution in [0.25, 0.3) is 0 Å².